The number of aryl methyl sites for hydroxylation is 2. The van der Waals surface area contributed by atoms with Crippen LogP contribution in [0.15, 0.2) is 12.4 Å². The normalized spacial score (nSPS) is 11.5. The molecule has 1 aromatic rings. The fraction of sp³-hybridized carbons (Fsp3) is 0.912. The molecule has 0 aliphatic carbocycles. The molecule has 36 heavy (non-hydrogen) atoms. The summed E-state index contributed by atoms with van der Waals surface area (Å²) in [5, 5.41) is 0. The minimum Gasteiger partial charge on any atom is -0.234 e. The Morgan fingerprint density at radius 2 is 0.833 bits per heavy atom. The average molecular weight is 504 g/mol. The minimum atomic E-state index is 1.16. The van der Waals surface area contributed by atoms with Gasteiger partial charge in [0.2, 0.25) is 0 Å². The van der Waals surface area contributed by atoms with E-state index in [-0.39, 0.29) is 0 Å². The van der Waals surface area contributed by atoms with Gasteiger partial charge in [-0.25, -0.2) is 9.13 Å². The van der Waals surface area contributed by atoms with Gasteiger partial charge in [0.25, 0.3) is 5.82 Å². The van der Waals surface area contributed by atoms with Crippen molar-refractivity contribution in [3.05, 3.63) is 18.2 Å². The lowest BCUT2D eigenvalue weighted by Crippen LogP contribution is -2.37. The van der Waals surface area contributed by atoms with Gasteiger partial charge in [0.1, 0.15) is 12.4 Å². The third-order valence-corrected chi connectivity index (χ3v) is 8.16. The van der Waals surface area contributed by atoms with Crippen LogP contribution in [0.4, 0.5) is 0 Å². The van der Waals surface area contributed by atoms with E-state index in [1.807, 2.05) is 0 Å². The van der Waals surface area contributed by atoms with E-state index in [0.717, 1.165) is 6.42 Å². The molecule has 0 amide bonds. The molecule has 0 N–H and O–H groups in total. The topological polar surface area (TPSA) is 8.81 Å². The molecule has 0 unspecified atom stereocenters. The van der Waals surface area contributed by atoms with Crippen molar-refractivity contribution >= 4 is 0 Å². The molecule has 0 atom stereocenters. The van der Waals surface area contributed by atoms with Gasteiger partial charge in [-0.2, -0.15) is 0 Å². The molecule has 2 nitrogen and oxygen atoms in total. The second-order valence-corrected chi connectivity index (χ2v) is 11.6. The molecule has 2 heteroatoms. The van der Waals surface area contributed by atoms with Crippen LogP contribution in [-0.4, -0.2) is 4.57 Å². The molecule has 0 saturated carbocycles. The fourth-order valence-electron chi connectivity index (χ4n) is 5.73. The molecule has 0 radical (unpaired) electrons. The van der Waals surface area contributed by atoms with E-state index in [0.29, 0.717) is 0 Å². The standard InChI is InChI=1S/C34H67N2/c1-4-7-9-11-13-15-17-18-19-20-21-23-25-27-29-31-36-33-32-35(34(36)6-3)30-28-26-24-22-16-14-12-10-8-5-2/h32-33H,4-31H2,1-3H3/q+1. The van der Waals surface area contributed by atoms with E-state index in [9.17, 15) is 0 Å². The lowest BCUT2D eigenvalue weighted by molar-refractivity contribution is -0.704. The van der Waals surface area contributed by atoms with Crippen LogP contribution in [0.1, 0.15) is 187 Å². The monoisotopic (exact) mass is 504 g/mol. The van der Waals surface area contributed by atoms with Crippen LogP contribution in [0.2, 0.25) is 0 Å². The van der Waals surface area contributed by atoms with Gasteiger partial charge in [0.15, 0.2) is 0 Å². The van der Waals surface area contributed by atoms with Crippen molar-refractivity contribution < 1.29 is 4.57 Å². The van der Waals surface area contributed by atoms with Crippen molar-refractivity contribution in [3.8, 4) is 0 Å². The zero-order valence-corrected chi connectivity index (χ0v) is 25.3. The number of unbranched alkanes of at least 4 members (excludes halogenated alkanes) is 23. The van der Waals surface area contributed by atoms with E-state index in [1.54, 1.807) is 0 Å². The smallest absolute Gasteiger partial charge is 0.234 e. The summed E-state index contributed by atoms with van der Waals surface area (Å²) in [6.07, 6.45) is 41.7. The van der Waals surface area contributed by atoms with Crippen LogP contribution in [-0.2, 0) is 19.5 Å². The van der Waals surface area contributed by atoms with E-state index < -0.39 is 0 Å². The number of nitrogens with zero attached hydrogens (tertiary/aromatic N) is 2. The summed E-state index contributed by atoms with van der Waals surface area (Å²) in [6.45, 7) is 9.36. The van der Waals surface area contributed by atoms with Gasteiger partial charge in [0.05, 0.1) is 13.1 Å². The molecular weight excluding hydrogens is 436 g/mol. The van der Waals surface area contributed by atoms with Crippen LogP contribution < -0.4 is 4.57 Å². The van der Waals surface area contributed by atoms with Crippen molar-refractivity contribution in [1.82, 2.24) is 4.57 Å². The molecule has 1 rings (SSSR count). The number of hydrogen-bond acceptors (Lipinski definition) is 0. The Bertz CT molecular complexity index is 562. The van der Waals surface area contributed by atoms with Gasteiger partial charge >= 0.3 is 0 Å². The molecular formula is C34H67N2+. The second kappa shape index (κ2) is 25.8. The maximum Gasteiger partial charge on any atom is 0.256 e. The van der Waals surface area contributed by atoms with Crippen molar-refractivity contribution in [1.29, 1.82) is 0 Å². The maximum atomic E-state index is 2.54. The Kier molecular flexibility index (Phi) is 23.9. The van der Waals surface area contributed by atoms with Gasteiger partial charge in [0, 0.05) is 6.42 Å². The van der Waals surface area contributed by atoms with E-state index in [2.05, 4.69) is 42.3 Å². The average Bonchev–Trinajstić information content (AvgIpc) is 3.29. The number of imidazole rings is 1. The predicted molar refractivity (Wildman–Crippen MR) is 161 cm³/mol. The van der Waals surface area contributed by atoms with Gasteiger partial charge in [-0.15, -0.1) is 0 Å². The molecule has 0 aliphatic rings. The predicted octanol–water partition coefficient (Wildman–Crippen LogP) is 11.1. The van der Waals surface area contributed by atoms with Crippen molar-refractivity contribution in [2.45, 2.75) is 201 Å². The number of hydrogen-bond donors (Lipinski definition) is 0. The van der Waals surface area contributed by atoms with Crippen molar-refractivity contribution in [3.63, 3.8) is 0 Å². The van der Waals surface area contributed by atoms with E-state index in [1.165, 1.54) is 179 Å². The summed E-state index contributed by atoms with van der Waals surface area (Å²) in [7, 11) is 0. The zero-order valence-electron chi connectivity index (χ0n) is 25.3. The summed E-state index contributed by atoms with van der Waals surface area (Å²) >= 11 is 0. The third kappa shape index (κ3) is 18.5. The summed E-state index contributed by atoms with van der Waals surface area (Å²) in [4.78, 5) is 0. The van der Waals surface area contributed by atoms with E-state index in [4.69, 9.17) is 0 Å². The summed E-state index contributed by atoms with van der Waals surface area (Å²) in [6, 6.07) is 0. The van der Waals surface area contributed by atoms with Gasteiger partial charge < -0.3 is 0 Å². The quantitative estimate of drug-likeness (QED) is 0.0794. The molecule has 0 fully saturated rings. The summed E-state index contributed by atoms with van der Waals surface area (Å²) in [5.41, 5.74) is 0. The Morgan fingerprint density at radius 3 is 1.22 bits per heavy atom. The van der Waals surface area contributed by atoms with Gasteiger partial charge in [-0.1, -0.05) is 156 Å². The highest BCUT2D eigenvalue weighted by molar-refractivity contribution is 4.83. The SMILES string of the molecule is CCCCCCCCCCCCCCCCC[n+]1ccn(CCCCCCCCCCCC)c1CC. The first-order valence-electron chi connectivity index (χ1n) is 16.9. The largest absolute Gasteiger partial charge is 0.256 e. The second-order valence-electron chi connectivity index (χ2n) is 11.6. The van der Waals surface area contributed by atoms with Gasteiger partial charge in [-0.05, 0) is 25.7 Å². The Balaban J connectivity index is 1.97. The highest BCUT2D eigenvalue weighted by atomic mass is 15.1. The number of aromatic nitrogens is 2. The van der Waals surface area contributed by atoms with Gasteiger partial charge in [-0.3, -0.25) is 0 Å². The Labute approximate surface area is 228 Å². The number of rotatable bonds is 28. The molecule has 212 valence electrons. The lowest BCUT2D eigenvalue weighted by atomic mass is 10.0. The first-order chi connectivity index (χ1) is 17.8. The molecule has 0 spiro atoms. The molecule has 0 bridgehead atoms. The first kappa shape index (κ1) is 33.2. The van der Waals surface area contributed by atoms with Crippen molar-refractivity contribution in [2.75, 3.05) is 0 Å². The lowest BCUT2D eigenvalue weighted by Gasteiger charge is -2.05. The third-order valence-electron chi connectivity index (χ3n) is 8.16. The summed E-state index contributed by atoms with van der Waals surface area (Å²) in [5.74, 6) is 1.54. The molecule has 0 aromatic carbocycles. The maximum absolute atomic E-state index is 2.54. The summed E-state index contributed by atoms with van der Waals surface area (Å²) < 4.78 is 5.08. The minimum absolute atomic E-state index is 1.16. The van der Waals surface area contributed by atoms with Crippen LogP contribution in [0.25, 0.3) is 0 Å². The highest BCUT2D eigenvalue weighted by Gasteiger charge is 2.14. The molecule has 1 aromatic heterocycles. The Hall–Kier alpha value is -0.790. The van der Waals surface area contributed by atoms with Crippen molar-refractivity contribution in [2.24, 2.45) is 0 Å². The first-order valence-corrected chi connectivity index (χ1v) is 16.9. The van der Waals surface area contributed by atoms with Crippen LogP contribution in [0.5, 0.6) is 0 Å². The molecule has 0 aliphatic heterocycles. The van der Waals surface area contributed by atoms with E-state index >= 15 is 0 Å². The fourth-order valence-corrected chi connectivity index (χ4v) is 5.73. The highest BCUT2D eigenvalue weighted by Crippen LogP contribution is 2.14. The Morgan fingerprint density at radius 1 is 0.472 bits per heavy atom. The zero-order chi connectivity index (χ0) is 25.9. The van der Waals surface area contributed by atoms with Crippen LogP contribution >= 0.6 is 0 Å². The van der Waals surface area contributed by atoms with Crippen LogP contribution in [0.3, 0.4) is 0 Å². The van der Waals surface area contributed by atoms with Crippen LogP contribution in [0, 0.1) is 0 Å². The molecule has 1 heterocycles. The molecule has 0 saturated heterocycles.